The summed E-state index contributed by atoms with van der Waals surface area (Å²) in [6.07, 6.45) is 0. The molecule has 2 aliphatic rings. The maximum Gasteiger partial charge on any atom is 0.107 e. The number of aromatic nitrogens is 1. The van der Waals surface area contributed by atoms with Crippen molar-refractivity contribution in [3.05, 3.63) is 16.1 Å². The summed E-state index contributed by atoms with van der Waals surface area (Å²) >= 11 is 1.81. The summed E-state index contributed by atoms with van der Waals surface area (Å²) in [6.45, 7) is 12.7. The first kappa shape index (κ1) is 11.6. The molecule has 0 aliphatic carbocycles. The van der Waals surface area contributed by atoms with E-state index in [4.69, 9.17) is 4.98 Å². The van der Waals surface area contributed by atoms with E-state index >= 15 is 0 Å². The van der Waals surface area contributed by atoms with Crippen molar-refractivity contribution in [2.75, 3.05) is 26.2 Å². The molecule has 2 fully saturated rings. The maximum absolute atomic E-state index is 4.76. The number of nitrogens with zero attached hydrogens (tertiary/aromatic N) is 2. The summed E-state index contributed by atoms with van der Waals surface area (Å²) in [5, 5.41) is 6.87. The predicted molar refractivity (Wildman–Crippen MR) is 71.4 cm³/mol. The molecule has 2 aliphatic heterocycles. The molecule has 17 heavy (non-hydrogen) atoms. The fourth-order valence-corrected chi connectivity index (χ4v) is 3.70. The van der Waals surface area contributed by atoms with Gasteiger partial charge in [-0.2, -0.15) is 0 Å². The molecule has 0 atom stereocenters. The Morgan fingerprint density at radius 1 is 1.41 bits per heavy atom. The van der Waals surface area contributed by atoms with Crippen LogP contribution in [0.15, 0.2) is 5.38 Å². The summed E-state index contributed by atoms with van der Waals surface area (Å²) < 4.78 is 0. The van der Waals surface area contributed by atoms with Gasteiger partial charge < -0.3 is 5.32 Å². The van der Waals surface area contributed by atoms with Crippen LogP contribution in [0.4, 0.5) is 0 Å². The smallest absolute Gasteiger partial charge is 0.107 e. The lowest BCUT2D eigenvalue weighted by molar-refractivity contribution is -0.0445. The van der Waals surface area contributed by atoms with Gasteiger partial charge in [0, 0.05) is 42.4 Å². The summed E-state index contributed by atoms with van der Waals surface area (Å²) in [5.74, 6) is 0. The van der Waals surface area contributed by atoms with Crippen LogP contribution in [0.2, 0.25) is 0 Å². The van der Waals surface area contributed by atoms with Gasteiger partial charge in [-0.3, -0.25) is 4.90 Å². The van der Waals surface area contributed by atoms with Gasteiger partial charge in [-0.25, -0.2) is 4.98 Å². The molecule has 1 aromatic heterocycles. The van der Waals surface area contributed by atoms with Crippen molar-refractivity contribution in [3.8, 4) is 0 Å². The molecule has 3 rings (SSSR count). The van der Waals surface area contributed by atoms with Gasteiger partial charge in [0.05, 0.1) is 12.2 Å². The molecular formula is C13H21N3S. The van der Waals surface area contributed by atoms with Gasteiger partial charge in [-0.1, -0.05) is 20.8 Å². The van der Waals surface area contributed by atoms with Crippen LogP contribution in [0.3, 0.4) is 0 Å². The summed E-state index contributed by atoms with van der Waals surface area (Å²) in [4.78, 5) is 7.28. The number of nitrogens with one attached hydrogen (secondary N) is 1. The first-order valence-corrected chi connectivity index (χ1v) is 7.23. The van der Waals surface area contributed by atoms with Crippen LogP contribution in [0.25, 0.3) is 0 Å². The van der Waals surface area contributed by atoms with Gasteiger partial charge in [-0.15, -0.1) is 11.3 Å². The minimum atomic E-state index is 0.183. The van der Waals surface area contributed by atoms with E-state index in [0.29, 0.717) is 5.41 Å². The third kappa shape index (κ3) is 2.14. The van der Waals surface area contributed by atoms with Gasteiger partial charge in [0.15, 0.2) is 0 Å². The third-order valence-corrected chi connectivity index (χ3v) is 4.63. The van der Waals surface area contributed by atoms with Crippen LogP contribution >= 0.6 is 11.3 Å². The lowest BCUT2D eigenvalue weighted by Gasteiger charge is -2.56. The first-order chi connectivity index (χ1) is 7.97. The van der Waals surface area contributed by atoms with Gasteiger partial charge in [0.1, 0.15) is 5.01 Å². The molecule has 1 spiro atoms. The zero-order chi connectivity index (χ0) is 12.1. The standard InChI is InChI=1S/C13H21N3S/c1-12(2,3)10-5-17-11(15-10)4-16-8-13(9-16)6-14-7-13/h5,14H,4,6-9H2,1-3H3. The Morgan fingerprint density at radius 3 is 2.59 bits per heavy atom. The minimum absolute atomic E-state index is 0.183. The van der Waals surface area contributed by atoms with Crippen molar-refractivity contribution in [3.63, 3.8) is 0 Å². The fourth-order valence-electron chi connectivity index (χ4n) is 2.64. The van der Waals surface area contributed by atoms with E-state index in [1.807, 2.05) is 11.3 Å². The summed E-state index contributed by atoms with van der Waals surface area (Å²) in [6, 6.07) is 0. The van der Waals surface area contributed by atoms with E-state index in [-0.39, 0.29) is 5.41 Å². The SMILES string of the molecule is CC(C)(C)c1csc(CN2CC3(CNC3)C2)n1. The average Bonchev–Trinajstić information content (AvgIpc) is 2.54. The van der Waals surface area contributed by atoms with Gasteiger partial charge in [0.2, 0.25) is 0 Å². The average molecular weight is 251 g/mol. The van der Waals surface area contributed by atoms with Crippen molar-refractivity contribution in [1.29, 1.82) is 0 Å². The Morgan fingerprint density at radius 2 is 2.12 bits per heavy atom. The van der Waals surface area contributed by atoms with Crippen LogP contribution in [-0.4, -0.2) is 36.1 Å². The molecule has 0 unspecified atom stereocenters. The molecule has 1 aromatic rings. The number of hydrogen-bond donors (Lipinski definition) is 1. The second-order valence-corrected chi connectivity index (χ2v) is 7.57. The van der Waals surface area contributed by atoms with Gasteiger partial charge in [-0.05, 0) is 0 Å². The van der Waals surface area contributed by atoms with Crippen molar-refractivity contribution < 1.29 is 0 Å². The van der Waals surface area contributed by atoms with Crippen LogP contribution in [0.5, 0.6) is 0 Å². The first-order valence-electron chi connectivity index (χ1n) is 6.35. The highest BCUT2D eigenvalue weighted by Crippen LogP contribution is 2.35. The van der Waals surface area contributed by atoms with Gasteiger partial charge in [0.25, 0.3) is 0 Å². The van der Waals surface area contributed by atoms with Crippen LogP contribution in [0, 0.1) is 5.41 Å². The second kappa shape index (κ2) is 3.77. The van der Waals surface area contributed by atoms with Crippen molar-refractivity contribution in [1.82, 2.24) is 15.2 Å². The Hall–Kier alpha value is -0.450. The molecule has 0 amide bonds. The molecular weight excluding hydrogens is 230 g/mol. The number of rotatable bonds is 2. The van der Waals surface area contributed by atoms with E-state index < -0.39 is 0 Å². The molecule has 1 N–H and O–H groups in total. The third-order valence-electron chi connectivity index (χ3n) is 3.80. The second-order valence-electron chi connectivity index (χ2n) is 6.63. The quantitative estimate of drug-likeness (QED) is 0.869. The van der Waals surface area contributed by atoms with Crippen molar-refractivity contribution >= 4 is 11.3 Å². The Balaban J connectivity index is 1.57. The Bertz CT molecular complexity index is 407. The van der Waals surface area contributed by atoms with Crippen LogP contribution < -0.4 is 5.32 Å². The topological polar surface area (TPSA) is 28.2 Å². The monoisotopic (exact) mass is 251 g/mol. The largest absolute Gasteiger partial charge is 0.315 e. The lowest BCUT2D eigenvalue weighted by Crippen LogP contribution is -2.70. The fraction of sp³-hybridized carbons (Fsp3) is 0.769. The molecule has 0 aromatic carbocycles. The molecule has 3 heterocycles. The molecule has 94 valence electrons. The molecule has 0 bridgehead atoms. The van der Waals surface area contributed by atoms with E-state index in [2.05, 4.69) is 36.4 Å². The normalized spacial score (nSPS) is 23.5. The zero-order valence-corrected chi connectivity index (χ0v) is 11.7. The molecule has 4 heteroatoms. The van der Waals surface area contributed by atoms with Gasteiger partial charge >= 0.3 is 0 Å². The van der Waals surface area contributed by atoms with Crippen molar-refractivity contribution in [2.24, 2.45) is 5.41 Å². The number of thiazole rings is 1. The number of likely N-dealkylation sites (tertiary alicyclic amines) is 1. The molecule has 3 nitrogen and oxygen atoms in total. The van der Waals surface area contributed by atoms with E-state index in [1.165, 1.54) is 36.9 Å². The Kier molecular flexibility index (Phi) is 2.58. The summed E-state index contributed by atoms with van der Waals surface area (Å²) in [7, 11) is 0. The van der Waals surface area contributed by atoms with E-state index in [0.717, 1.165) is 6.54 Å². The lowest BCUT2D eigenvalue weighted by atomic mass is 9.74. The minimum Gasteiger partial charge on any atom is -0.315 e. The van der Waals surface area contributed by atoms with E-state index in [9.17, 15) is 0 Å². The number of hydrogen-bond acceptors (Lipinski definition) is 4. The van der Waals surface area contributed by atoms with Crippen molar-refractivity contribution in [2.45, 2.75) is 32.7 Å². The maximum atomic E-state index is 4.76. The highest BCUT2D eigenvalue weighted by molar-refractivity contribution is 7.09. The van der Waals surface area contributed by atoms with E-state index in [1.54, 1.807) is 0 Å². The highest BCUT2D eigenvalue weighted by atomic mass is 32.1. The summed E-state index contributed by atoms with van der Waals surface area (Å²) in [5.41, 5.74) is 2.05. The van der Waals surface area contributed by atoms with Crippen LogP contribution in [-0.2, 0) is 12.0 Å². The van der Waals surface area contributed by atoms with Crippen LogP contribution in [0.1, 0.15) is 31.5 Å². The Labute approximate surface area is 107 Å². The molecule has 0 radical (unpaired) electrons. The zero-order valence-electron chi connectivity index (χ0n) is 10.9. The molecule has 0 saturated carbocycles. The highest BCUT2D eigenvalue weighted by Gasteiger charge is 2.47. The predicted octanol–water partition coefficient (Wildman–Crippen LogP) is 1.85. The molecule has 2 saturated heterocycles.